The van der Waals surface area contributed by atoms with Crippen molar-refractivity contribution in [1.82, 2.24) is 0 Å². The van der Waals surface area contributed by atoms with Gasteiger partial charge in [0.2, 0.25) is 0 Å². The molecule has 1 unspecified atom stereocenters. The average Bonchev–Trinajstić information content (AvgIpc) is 2.73. The molecular formula is C16H17NO. The van der Waals surface area contributed by atoms with Crippen molar-refractivity contribution >= 4 is 0 Å². The van der Waals surface area contributed by atoms with E-state index >= 15 is 0 Å². The Kier molecular flexibility index (Phi) is 2.90. The van der Waals surface area contributed by atoms with Crippen LogP contribution in [0, 0.1) is 0 Å². The second kappa shape index (κ2) is 4.56. The summed E-state index contributed by atoms with van der Waals surface area (Å²) >= 11 is 0. The van der Waals surface area contributed by atoms with E-state index in [1.54, 1.807) is 0 Å². The van der Waals surface area contributed by atoms with Gasteiger partial charge in [0.05, 0.1) is 6.10 Å². The van der Waals surface area contributed by atoms with E-state index in [0.29, 0.717) is 13.0 Å². The first-order chi connectivity index (χ1) is 8.83. The van der Waals surface area contributed by atoms with Crippen molar-refractivity contribution < 1.29 is 5.11 Å². The second-order valence-corrected chi connectivity index (χ2v) is 4.80. The predicted molar refractivity (Wildman–Crippen MR) is 73.4 cm³/mol. The summed E-state index contributed by atoms with van der Waals surface area (Å²) in [5, 5.41) is 10.4. The molecule has 2 heteroatoms. The number of benzene rings is 2. The van der Waals surface area contributed by atoms with Crippen LogP contribution in [0.4, 0.5) is 0 Å². The van der Waals surface area contributed by atoms with Crippen molar-refractivity contribution in [2.75, 3.05) is 6.54 Å². The summed E-state index contributed by atoms with van der Waals surface area (Å²) in [6.07, 6.45) is 0.229. The van der Waals surface area contributed by atoms with E-state index in [9.17, 15) is 5.11 Å². The minimum Gasteiger partial charge on any atom is -0.392 e. The Bertz CT molecular complexity index is 519. The molecule has 92 valence electrons. The molecule has 3 N–H and O–H groups in total. The van der Waals surface area contributed by atoms with E-state index in [-0.39, 0.29) is 5.92 Å². The van der Waals surface area contributed by atoms with Gasteiger partial charge in [0.1, 0.15) is 0 Å². The third-order valence-corrected chi connectivity index (χ3v) is 3.73. The lowest BCUT2D eigenvalue weighted by Crippen LogP contribution is -2.21. The second-order valence-electron chi connectivity index (χ2n) is 4.80. The van der Waals surface area contributed by atoms with Crippen LogP contribution < -0.4 is 5.73 Å². The highest BCUT2D eigenvalue weighted by Gasteiger charge is 2.32. The van der Waals surface area contributed by atoms with E-state index < -0.39 is 6.10 Å². The minimum absolute atomic E-state index is 0.0703. The molecule has 2 aromatic carbocycles. The normalized spacial score (nSPS) is 15.2. The van der Waals surface area contributed by atoms with Gasteiger partial charge in [-0.1, -0.05) is 48.5 Å². The van der Waals surface area contributed by atoms with Crippen LogP contribution in [0.2, 0.25) is 0 Å². The summed E-state index contributed by atoms with van der Waals surface area (Å²) in [7, 11) is 0. The highest BCUT2D eigenvalue weighted by atomic mass is 16.3. The maximum atomic E-state index is 10.4. The van der Waals surface area contributed by atoms with Gasteiger partial charge in [0, 0.05) is 5.92 Å². The lowest BCUT2D eigenvalue weighted by Gasteiger charge is -2.20. The van der Waals surface area contributed by atoms with Crippen LogP contribution in [-0.2, 0) is 0 Å². The molecule has 1 aliphatic rings. The van der Waals surface area contributed by atoms with Crippen LogP contribution >= 0.6 is 0 Å². The first-order valence-corrected chi connectivity index (χ1v) is 6.39. The fourth-order valence-electron chi connectivity index (χ4n) is 2.95. The fraction of sp³-hybridized carbons (Fsp3) is 0.250. The monoisotopic (exact) mass is 239 g/mol. The zero-order chi connectivity index (χ0) is 12.5. The number of aliphatic hydroxyl groups is 1. The zero-order valence-electron chi connectivity index (χ0n) is 10.2. The molecule has 18 heavy (non-hydrogen) atoms. The summed E-state index contributed by atoms with van der Waals surface area (Å²) in [5.74, 6) is 0.0703. The van der Waals surface area contributed by atoms with Gasteiger partial charge >= 0.3 is 0 Å². The highest BCUT2D eigenvalue weighted by molar-refractivity contribution is 5.79. The molecule has 1 atom stereocenters. The van der Waals surface area contributed by atoms with Gasteiger partial charge in [-0.15, -0.1) is 0 Å². The van der Waals surface area contributed by atoms with Crippen molar-refractivity contribution in [1.29, 1.82) is 0 Å². The van der Waals surface area contributed by atoms with Gasteiger partial charge in [-0.05, 0) is 35.2 Å². The first-order valence-electron chi connectivity index (χ1n) is 6.39. The largest absolute Gasteiger partial charge is 0.392 e. The number of hydrogen-bond acceptors (Lipinski definition) is 2. The molecule has 0 saturated heterocycles. The molecule has 1 aliphatic carbocycles. The van der Waals surface area contributed by atoms with Gasteiger partial charge in [-0.2, -0.15) is 0 Å². The predicted octanol–water partition coefficient (Wildman–Crippen LogP) is 2.51. The molecular weight excluding hydrogens is 222 g/mol. The standard InChI is InChI=1S/C16H17NO/c17-10-9-15(18)16-13-7-3-1-5-11(13)12-6-2-4-8-14(12)16/h1-8,15-16,18H,9-10,17H2. The Morgan fingerprint density at radius 3 is 1.94 bits per heavy atom. The van der Waals surface area contributed by atoms with Crippen LogP contribution in [0.5, 0.6) is 0 Å². The number of aliphatic hydroxyl groups excluding tert-OH is 1. The Balaban J connectivity index is 2.14. The Morgan fingerprint density at radius 1 is 0.944 bits per heavy atom. The molecule has 0 radical (unpaired) electrons. The van der Waals surface area contributed by atoms with Gasteiger partial charge < -0.3 is 10.8 Å². The smallest absolute Gasteiger partial charge is 0.0661 e. The lowest BCUT2D eigenvalue weighted by molar-refractivity contribution is 0.150. The Labute approximate surface area is 107 Å². The van der Waals surface area contributed by atoms with Crippen LogP contribution in [0.15, 0.2) is 48.5 Å². The molecule has 0 amide bonds. The fourth-order valence-corrected chi connectivity index (χ4v) is 2.95. The maximum absolute atomic E-state index is 10.4. The van der Waals surface area contributed by atoms with Crippen LogP contribution in [0.1, 0.15) is 23.5 Å². The number of rotatable bonds is 3. The lowest BCUT2D eigenvalue weighted by atomic mass is 9.90. The number of fused-ring (bicyclic) bond motifs is 3. The van der Waals surface area contributed by atoms with E-state index in [1.165, 1.54) is 22.3 Å². The van der Waals surface area contributed by atoms with E-state index in [2.05, 4.69) is 24.3 Å². The SMILES string of the molecule is NCCC(O)C1c2ccccc2-c2ccccc21. The van der Waals surface area contributed by atoms with Gasteiger partial charge in [-0.3, -0.25) is 0 Å². The molecule has 2 aromatic rings. The van der Waals surface area contributed by atoms with Gasteiger partial charge in [0.15, 0.2) is 0 Å². The van der Waals surface area contributed by atoms with Crippen molar-refractivity contribution in [3.8, 4) is 11.1 Å². The molecule has 0 heterocycles. The molecule has 0 bridgehead atoms. The quantitative estimate of drug-likeness (QED) is 0.864. The van der Waals surface area contributed by atoms with E-state index in [0.717, 1.165) is 0 Å². The van der Waals surface area contributed by atoms with Gasteiger partial charge in [-0.25, -0.2) is 0 Å². The summed E-state index contributed by atoms with van der Waals surface area (Å²) in [5.41, 5.74) is 10.5. The zero-order valence-corrected chi connectivity index (χ0v) is 10.2. The molecule has 3 rings (SSSR count). The molecule has 0 fully saturated rings. The summed E-state index contributed by atoms with van der Waals surface area (Å²) in [6, 6.07) is 16.6. The highest BCUT2D eigenvalue weighted by Crippen LogP contribution is 2.46. The Morgan fingerprint density at radius 2 is 1.44 bits per heavy atom. The third kappa shape index (κ3) is 1.65. The molecule has 0 spiro atoms. The average molecular weight is 239 g/mol. The van der Waals surface area contributed by atoms with Crippen molar-refractivity contribution in [3.05, 3.63) is 59.7 Å². The van der Waals surface area contributed by atoms with Crippen molar-refractivity contribution in [2.24, 2.45) is 5.73 Å². The van der Waals surface area contributed by atoms with Crippen LogP contribution in [-0.4, -0.2) is 17.8 Å². The summed E-state index contributed by atoms with van der Waals surface area (Å²) in [6.45, 7) is 0.516. The van der Waals surface area contributed by atoms with Crippen LogP contribution in [0.25, 0.3) is 11.1 Å². The van der Waals surface area contributed by atoms with Crippen LogP contribution in [0.3, 0.4) is 0 Å². The summed E-state index contributed by atoms with van der Waals surface area (Å²) < 4.78 is 0. The van der Waals surface area contributed by atoms with Crippen molar-refractivity contribution in [2.45, 2.75) is 18.4 Å². The van der Waals surface area contributed by atoms with Crippen molar-refractivity contribution in [3.63, 3.8) is 0 Å². The minimum atomic E-state index is -0.403. The van der Waals surface area contributed by atoms with Gasteiger partial charge in [0.25, 0.3) is 0 Å². The third-order valence-electron chi connectivity index (χ3n) is 3.73. The van der Waals surface area contributed by atoms with E-state index in [4.69, 9.17) is 5.73 Å². The molecule has 2 nitrogen and oxygen atoms in total. The number of nitrogens with two attached hydrogens (primary N) is 1. The first kappa shape index (κ1) is 11.5. The molecule has 0 saturated carbocycles. The topological polar surface area (TPSA) is 46.2 Å². The van der Waals surface area contributed by atoms with E-state index in [1.807, 2.05) is 24.3 Å². The molecule has 0 aliphatic heterocycles. The molecule has 0 aromatic heterocycles. The number of hydrogen-bond donors (Lipinski definition) is 2. The maximum Gasteiger partial charge on any atom is 0.0661 e. The summed E-state index contributed by atoms with van der Waals surface area (Å²) in [4.78, 5) is 0. The Hall–Kier alpha value is -1.64.